The second kappa shape index (κ2) is 14.3. The number of carbonyl (C=O) groups excluding carboxylic acids is 2. The number of esters is 2. The molecule has 234 valence electrons. The van der Waals surface area contributed by atoms with Crippen LogP contribution < -0.4 is 13.8 Å². The zero-order valence-electron chi connectivity index (χ0n) is 24.0. The quantitative estimate of drug-likeness (QED) is 0.139. The second-order valence-electron chi connectivity index (χ2n) is 9.69. The predicted molar refractivity (Wildman–Crippen MR) is 163 cm³/mol. The van der Waals surface area contributed by atoms with Gasteiger partial charge in [0.2, 0.25) is 5.88 Å². The van der Waals surface area contributed by atoms with Crippen molar-refractivity contribution in [3.05, 3.63) is 75.7 Å². The van der Waals surface area contributed by atoms with Crippen LogP contribution in [0.15, 0.2) is 53.6 Å². The zero-order chi connectivity index (χ0) is 32.0. The van der Waals surface area contributed by atoms with Gasteiger partial charge in [-0.2, -0.15) is 0 Å². The lowest BCUT2D eigenvalue weighted by atomic mass is 10.0. The fraction of sp³-hybridized carbons (Fsp3) is 0.300. The van der Waals surface area contributed by atoms with Crippen molar-refractivity contribution >= 4 is 62.5 Å². The molecular formula is C30H29Cl2FN2O8S. The number of fused-ring (bicyclic) bond motifs is 1. The number of ether oxygens (including phenoxy) is 4. The molecule has 0 aliphatic carbocycles. The third-order valence-electron chi connectivity index (χ3n) is 6.53. The van der Waals surface area contributed by atoms with Crippen LogP contribution in [0.3, 0.4) is 0 Å². The molecule has 0 saturated heterocycles. The van der Waals surface area contributed by atoms with Crippen molar-refractivity contribution in [2.75, 3.05) is 31.2 Å². The lowest BCUT2D eigenvalue weighted by molar-refractivity contribution is -0.142. The molecule has 0 amide bonds. The van der Waals surface area contributed by atoms with E-state index in [1.165, 1.54) is 38.4 Å². The molecule has 1 aliphatic rings. The van der Waals surface area contributed by atoms with E-state index in [9.17, 15) is 22.4 Å². The second-order valence-corrected chi connectivity index (χ2v) is 12.4. The summed E-state index contributed by atoms with van der Waals surface area (Å²) in [5, 5.41) is 0.271. The number of carbonyl (C=O) groups is 2. The first-order valence-corrected chi connectivity index (χ1v) is 15.5. The molecule has 1 aromatic heterocycles. The number of hydrogen-bond acceptors (Lipinski definition) is 9. The van der Waals surface area contributed by atoms with Gasteiger partial charge in [0.25, 0.3) is 10.0 Å². The first-order chi connectivity index (χ1) is 20.9. The van der Waals surface area contributed by atoms with Crippen molar-refractivity contribution in [1.82, 2.24) is 4.98 Å². The molecule has 1 atom stereocenters. The Hall–Kier alpha value is -3.87. The van der Waals surface area contributed by atoms with Crippen molar-refractivity contribution in [1.29, 1.82) is 0 Å². The normalized spacial score (nSPS) is 14.8. The number of hydrogen-bond donors (Lipinski definition) is 0. The summed E-state index contributed by atoms with van der Waals surface area (Å²) in [5.74, 6) is -1.51. The van der Waals surface area contributed by atoms with Crippen LogP contribution in [0.2, 0.25) is 10.0 Å². The number of sulfonamides is 1. The van der Waals surface area contributed by atoms with Crippen LogP contribution in [0.1, 0.15) is 37.8 Å². The Labute approximate surface area is 264 Å². The van der Waals surface area contributed by atoms with Gasteiger partial charge < -0.3 is 18.9 Å². The highest BCUT2D eigenvalue weighted by Gasteiger charge is 2.37. The Morgan fingerprint density at radius 3 is 2.64 bits per heavy atom. The van der Waals surface area contributed by atoms with Crippen molar-refractivity contribution in [3.8, 4) is 11.6 Å². The lowest BCUT2D eigenvalue weighted by Crippen LogP contribution is -2.44. The Morgan fingerprint density at radius 2 is 1.93 bits per heavy atom. The number of nitrogens with zero attached hydrogens (tertiary/aromatic N) is 2. The molecule has 3 aromatic rings. The molecule has 0 N–H and O–H groups in total. The number of methoxy groups -OCH3 is 1. The summed E-state index contributed by atoms with van der Waals surface area (Å²) in [6, 6.07) is 10.5. The maximum absolute atomic E-state index is 14.6. The van der Waals surface area contributed by atoms with Crippen LogP contribution in [-0.4, -0.2) is 58.3 Å². The number of allylic oxidation sites excluding steroid dienone is 1. The van der Waals surface area contributed by atoms with Crippen molar-refractivity contribution in [3.63, 3.8) is 0 Å². The Kier molecular flexibility index (Phi) is 10.7. The fourth-order valence-corrected chi connectivity index (χ4v) is 6.66. The minimum atomic E-state index is -4.41. The molecule has 4 rings (SSSR count). The van der Waals surface area contributed by atoms with Crippen molar-refractivity contribution in [2.24, 2.45) is 0 Å². The topological polar surface area (TPSA) is 121 Å². The molecule has 10 nitrogen and oxygen atoms in total. The van der Waals surface area contributed by atoms with E-state index in [0.717, 1.165) is 4.31 Å². The Morgan fingerprint density at radius 1 is 1.16 bits per heavy atom. The van der Waals surface area contributed by atoms with E-state index in [-0.39, 0.29) is 70.4 Å². The third-order valence-corrected chi connectivity index (χ3v) is 8.83. The molecule has 14 heteroatoms. The summed E-state index contributed by atoms with van der Waals surface area (Å²) in [6.45, 7) is 2.46. The monoisotopic (exact) mass is 666 g/mol. The van der Waals surface area contributed by atoms with Gasteiger partial charge in [0.05, 0.1) is 29.4 Å². The van der Waals surface area contributed by atoms with Gasteiger partial charge in [0, 0.05) is 25.1 Å². The summed E-state index contributed by atoms with van der Waals surface area (Å²) in [6.07, 6.45) is 2.36. The lowest BCUT2D eigenvalue weighted by Gasteiger charge is -2.35. The number of rotatable bonds is 11. The van der Waals surface area contributed by atoms with Gasteiger partial charge in [-0.25, -0.2) is 17.8 Å². The van der Waals surface area contributed by atoms with E-state index in [4.69, 9.17) is 42.1 Å². The molecular weight excluding hydrogens is 638 g/mol. The summed E-state index contributed by atoms with van der Waals surface area (Å²) in [7, 11) is -3.15. The number of pyridine rings is 1. The molecule has 1 aliphatic heterocycles. The van der Waals surface area contributed by atoms with E-state index in [1.807, 2.05) is 0 Å². The first kappa shape index (κ1) is 33.0. The number of benzene rings is 2. The molecule has 44 heavy (non-hydrogen) atoms. The Bertz CT molecular complexity index is 1680. The third kappa shape index (κ3) is 7.79. The largest absolute Gasteiger partial charge is 0.486 e. The minimum absolute atomic E-state index is 0.00294. The highest BCUT2D eigenvalue weighted by atomic mass is 35.5. The number of anilines is 1. The van der Waals surface area contributed by atoms with E-state index in [0.29, 0.717) is 11.1 Å². The van der Waals surface area contributed by atoms with Crippen LogP contribution in [0, 0.1) is 5.82 Å². The first-order valence-electron chi connectivity index (χ1n) is 13.4. The predicted octanol–water partition coefficient (Wildman–Crippen LogP) is 5.94. The van der Waals surface area contributed by atoms with Crippen molar-refractivity contribution in [2.45, 2.75) is 37.7 Å². The average molecular weight is 668 g/mol. The molecule has 2 aromatic carbocycles. The van der Waals surface area contributed by atoms with Crippen LogP contribution in [0.25, 0.3) is 11.6 Å². The highest BCUT2D eigenvalue weighted by Crippen LogP contribution is 2.41. The molecule has 0 saturated carbocycles. The Balaban J connectivity index is 1.77. The molecule has 0 unspecified atom stereocenters. The van der Waals surface area contributed by atoms with Gasteiger partial charge >= 0.3 is 11.9 Å². The van der Waals surface area contributed by atoms with Crippen LogP contribution in [-0.2, 0) is 29.1 Å². The standard InChI is InChI=1S/C30H29Cl2FN2O8S/c1-18(29-23(32)5-4-6-24(29)33)13-20-7-9-26-25(14-20)35(17-22(43-26)8-10-28(37)40-3)44(38,39)27-15-21(31)16-34-30(27)42-12-11-41-19(2)36/h4-7,9,13-16,22H,8,10-12,17H2,1-3H3/b18-13+/t22-/m0/s1. The van der Waals surface area contributed by atoms with Crippen molar-refractivity contribution < 1.29 is 41.3 Å². The maximum Gasteiger partial charge on any atom is 0.305 e. The van der Waals surface area contributed by atoms with Crippen LogP contribution in [0.4, 0.5) is 10.1 Å². The van der Waals surface area contributed by atoms with Gasteiger partial charge in [0.1, 0.15) is 30.9 Å². The zero-order valence-corrected chi connectivity index (χ0v) is 26.3. The fourth-order valence-electron chi connectivity index (χ4n) is 4.52. The van der Waals surface area contributed by atoms with E-state index in [1.54, 1.807) is 37.3 Å². The SMILES string of the molecule is COC(=O)CC[C@H]1CN(S(=O)(=O)c2cc(Cl)cnc2OCCOC(C)=O)c2cc(/C=C(\C)c3c(F)cccc3Cl)ccc2O1. The van der Waals surface area contributed by atoms with Gasteiger partial charge in [-0.3, -0.25) is 13.9 Å². The number of halogens is 3. The van der Waals surface area contributed by atoms with Crippen LogP contribution >= 0.6 is 23.2 Å². The molecule has 0 spiro atoms. The van der Waals surface area contributed by atoms with E-state index >= 15 is 0 Å². The molecule has 2 heterocycles. The minimum Gasteiger partial charge on any atom is -0.486 e. The van der Waals surface area contributed by atoms with E-state index in [2.05, 4.69) is 4.98 Å². The van der Waals surface area contributed by atoms with Gasteiger partial charge in [-0.1, -0.05) is 41.4 Å². The summed E-state index contributed by atoms with van der Waals surface area (Å²) < 4.78 is 65.5. The van der Waals surface area contributed by atoms with E-state index < -0.39 is 33.9 Å². The van der Waals surface area contributed by atoms with Gasteiger partial charge in [-0.15, -0.1) is 0 Å². The summed E-state index contributed by atoms with van der Waals surface area (Å²) >= 11 is 12.4. The van der Waals surface area contributed by atoms with Crippen LogP contribution in [0.5, 0.6) is 11.6 Å². The maximum atomic E-state index is 14.6. The smallest absolute Gasteiger partial charge is 0.305 e. The average Bonchev–Trinajstić information content (AvgIpc) is 2.98. The number of aromatic nitrogens is 1. The van der Waals surface area contributed by atoms with Gasteiger partial charge in [0.15, 0.2) is 4.90 Å². The summed E-state index contributed by atoms with van der Waals surface area (Å²) in [4.78, 5) is 26.7. The molecule has 0 fully saturated rings. The summed E-state index contributed by atoms with van der Waals surface area (Å²) in [5.41, 5.74) is 1.46. The van der Waals surface area contributed by atoms with Gasteiger partial charge in [-0.05, 0) is 54.8 Å². The molecule has 0 bridgehead atoms. The molecule has 0 radical (unpaired) electrons. The highest BCUT2D eigenvalue weighted by molar-refractivity contribution is 7.93.